The molecule has 0 aliphatic carbocycles. The molecule has 0 radical (unpaired) electrons. The molecule has 0 heterocycles. The predicted molar refractivity (Wildman–Crippen MR) is 81.5 cm³/mol. The number of hydrogen-bond donors (Lipinski definition) is 3. The summed E-state index contributed by atoms with van der Waals surface area (Å²) in [5.74, 6) is 0.445. The lowest BCUT2D eigenvalue weighted by atomic mass is 10.1. The fraction of sp³-hybridized carbons (Fsp3) is 0.500. The lowest BCUT2D eigenvalue weighted by molar-refractivity contribution is -0.123. The standard InChI is InChI=1S/C14H21BrN2O3/c1-9(2)13(16)14(19)17-7-10(18)8-20-12-6-4-3-5-11(12)15/h3-6,9-10,13,18H,7-8,16H2,1-2H3,(H,17,19)/t10?,13-/m0/s1. The second kappa shape index (κ2) is 8.24. The number of benzene rings is 1. The number of para-hydroxylation sites is 1. The van der Waals surface area contributed by atoms with Crippen LogP contribution in [0.1, 0.15) is 13.8 Å². The first-order valence-electron chi connectivity index (χ1n) is 6.50. The second-order valence-corrected chi connectivity index (χ2v) is 5.76. The number of nitrogens with two attached hydrogens (primary N) is 1. The lowest BCUT2D eigenvalue weighted by Crippen LogP contribution is -2.46. The molecule has 0 spiro atoms. The number of hydrogen-bond acceptors (Lipinski definition) is 4. The number of aliphatic hydroxyl groups is 1. The van der Waals surface area contributed by atoms with Gasteiger partial charge in [-0.15, -0.1) is 0 Å². The Labute approximate surface area is 127 Å². The molecule has 0 fully saturated rings. The fourth-order valence-electron chi connectivity index (χ4n) is 1.45. The van der Waals surface area contributed by atoms with Crippen molar-refractivity contribution in [3.63, 3.8) is 0 Å². The SMILES string of the molecule is CC(C)[C@H](N)C(=O)NCC(O)COc1ccccc1Br. The number of carbonyl (C=O) groups excluding carboxylic acids is 1. The van der Waals surface area contributed by atoms with E-state index in [0.717, 1.165) is 4.47 Å². The van der Waals surface area contributed by atoms with Crippen molar-refractivity contribution >= 4 is 21.8 Å². The Hall–Kier alpha value is -1.11. The summed E-state index contributed by atoms with van der Waals surface area (Å²) in [5, 5.41) is 12.4. The van der Waals surface area contributed by atoms with Crippen molar-refractivity contribution in [2.45, 2.75) is 26.0 Å². The number of rotatable bonds is 7. The van der Waals surface area contributed by atoms with Gasteiger partial charge < -0.3 is 20.9 Å². The molecule has 1 aromatic carbocycles. The highest BCUT2D eigenvalue weighted by atomic mass is 79.9. The van der Waals surface area contributed by atoms with Gasteiger partial charge in [0.1, 0.15) is 18.5 Å². The average molecular weight is 345 g/mol. The van der Waals surface area contributed by atoms with Gasteiger partial charge in [0.15, 0.2) is 0 Å². The maximum atomic E-state index is 11.6. The number of nitrogens with one attached hydrogen (secondary N) is 1. The van der Waals surface area contributed by atoms with Crippen LogP contribution in [0, 0.1) is 5.92 Å². The molecule has 0 aliphatic heterocycles. The van der Waals surface area contributed by atoms with Crippen LogP contribution in [-0.2, 0) is 4.79 Å². The van der Waals surface area contributed by atoms with E-state index in [1.165, 1.54) is 0 Å². The summed E-state index contributed by atoms with van der Waals surface area (Å²) < 4.78 is 6.28. The van der Waals surface area contributed by atoms with Gasteiger partial charge in [0.05, 0.1) is 10.5 Å². The lowest BCUT2D eigenvalue weighted by Gasteiger charge is -2.18. The van der Waals surface area contributed by atoms with Gasteiger partial charge in [0, 0.05) is 6.54 Å². The molecule has 0 bridgehead atoms. The maximum absolute atomic E-state index is 11.6. The van der Waals surface area contributed by atoms with Gasteiger partial charge >= 0.3 is 0 Å². The normalized spacial score (nSPS) is 13.9. The van der Waals surface area contributed by atoms with E-state index < -0.39 is 12.1 Å². The smallest absolute Gasteiger partial charge is 0.237 e. The first-order valence-corrected chi connectivity index (χ1v) is 7.29. The quantitative estimate of drug-likeness (QED) is 0.695. The summed E-state index contributed by atoms with van der Waals surface area (Å²) in [6.07, 6.45) is -0.787. The topological polar surface area (TPSA) is 84.6 Å². The van der Waals surface area contributed by atoms with Crippen molar-refractivity contribution in [1.82, 2.24) is 5.32 Å². The zero-order chi connectivity index (χ0) is 15.1. The average Bonchev–Trinajstić information content (AvgIpc) is 2.42. The molecule has 1 aromatic rings. The van der Waals surface area contributed by atoms with E-state index in [1.54, 1.807) is 6.07 Å². The van der Waals surface area contributed by atoms with Crippen LogP contribution in [0.5, 0.6) is 5.75 Å². The molecule has 1 unspecified atom stereocenters. The molecule has 0 saturated carbocycles. The van der Waals surface area contributed by atoms with Gasteiger partial charge in [-0.25, -0.2) is 0 Å². The van der Waals surface area contributed by atoms with Gasteiger partial charge in [-0.1, -0.05) is 26.0 Å². The van der Waals surface area contributed by atoms with Crippen molar-refractivity contribution in [3.05, 3.63) is 28.7 Å². The molecular weight excluding hydrogens is 324 g/mol. The summed E-state index contributed by atoms with van der Waals surface area (Å²) in [7, 11) is 0. The molecule has 2 atom stereocenters. The summed E-state index contributed by atoms with van der Waals surface area (Å²) in [5.41, 5.74) is 5.70. The van der Waals surface area contributed by atoms with E-state index in [2.05, 4.69) is 21.2 Å². The Kier molecular flexibility index (Phi) is 6.98. The van der Waals surface area contributed by atoms with Crippen LogP contribution in [-0.4, -0.2) is 36.3 Å². The van der Waals surface area contributed by atoms with Crippen LogP contribution in [0.3, 0.4) is 0 Å². The van der Waals surface area contributed by atoms with Gasteiger partial charge in [0.2, 0.25) is 5.91 Å². The number of carbonyl (C=O) groups is 1. The van der Waals surface area contributed by atoms with Crippen molar-refractivity contribution < 1.29 is 14.6 Å². The highest BCUT2D eigenvalue weighted by molar-refractivity contribution is 9.10. The van der Waals surface area contributed by atoms with Gasteiger partial charge in [-0.3, -0.25) is 4.79 Å². The Morgan fingerprint density at radius 1 is 1.45 bits per heavy atom. The third-order valence-electron chi connectivity index (χ3n) is 2.80. The van der Waals surface area contributed by atoms with E-state index in [-0.39, 0.29) is 25.0 Å². The van der Waals surface area contributed by atoms with Crippen molar-refractivity contribution in [2.24, 2.45) is 11.7 Å². The maximum Gasteiger partial charge on any atom is 0.237 e. The minimum absolute atomic E-state index is 0.0590. The Morgan fingerprint density at radius 2 is 2.10 bits per heavy atom. The highest BCUT2D eigenvalue weighted by Crippen LogP contribution is 2.23. The van der Waals surface area contributed by atoms with E-state index >= 15 is 0 Å². The van der Waals surface area contributed by atoms with Crippen LogP contribution in [0.2, 0.25) is 0 Å². The molecule has 0 saturated heterocycles. The first kappa shape index (κ1) is 16.9. The van der Waals surface area contributed by atoms with E-state index in [9.17, 15) is 9.90 Å². The third-order valence-corrected chi connectivity index (χ3v) is 3.46. The summed E-state index contributed by atoms with van der Waals surface area (Å²) in [6.45, 7) is 3.96. The minimum atomic E-state index is -0.787. The molecule has 0 aliphatic rings. The minimum Gasteiger partial charge on any atom is -0.490 e. The summed E-state index contributed by atoms with van der Waals surface area (Å²) in [4.78, 5) is 11.6. The monoisotopic (exact) mass is 344 g/mol. The largest absolute Gasteiger partial charge is 0.490 e. The molecular formula is C14H21BrN2O3. The molecule has 4 N–H and O–H groups in total. The van der Waals surface area contributed by atoms with Crippen molar-refractivity contribution in [2.75, 3.05) is 13.2 Å². The first-order chi connectivity index (χ1) is 9.41. The molecule has 112 valence electrons. The molecule has 1 rings (SSSR count). The van der Waals surface area contributed by atoms with Crippen LogP contribution in [0.25, 0.3) is 0 Å². The van der Waals surface area contributed by atoms with Gasteiger partial charge in [0.25, 0.3) is 0 Å². The fourth-order valence-corrected chi connectivity index (χ4v) is 1.84. The van der Waals surface area contributed by atoms with Crippen LogP contribution in [0.4, 0.5) is 0 Å². The van der Waals surface area contributed by atoms with Gasteiger partial charge in [-0.05, 0) is 34.0 Å². The number of halogens is 1. The van der Waals surface area contributed by atoms with E-state index in [0.29, 0.717) is 5.75 Å². The molecule has 0 aromatic heterocycles. The highest BCUT2D eigenvalue weighted by Gasteiger charge is 2.18. The number of ether oxygens (including phenoxy) is 1. The van der Waals surface area contributed by atoms with Gasteiger partial charge in [-0.2, -0.15) is 0 Å². The molecule has 1 amide bonds. The van der Waals surface area contributed by atoms with Crippen molar-refractivity contribution in [1.29, 1.82) is 0 Å². The zero-order valence-corrected chi connectivity index (χ0v) is 13.3. The molecule has 5 nitrogen and oxygen atoms in total. The molecule has 6 heteroatoms. The van der Waals surface area contributed by atoms with Crippen molar-refractivity contribution in [3.8, 4) is 5.75 Å². The number of aliphatic hydroxyl groups excluding tert-OH is 1. The summed E-state index contributed by atoms with van der Waals surface area (Å²) in [6, 6.07) is 6.80. The Morgan fingerprint density at radius 3 is 2.70 bits per heavy atom. The van der Waals surface area contributed by atoms with Crippen LogP contribution >= 0.6 is 15.9 Å². The Balaban J connectivity index is 2.32. The van der Waals surface area contributed by atoms with Crippen LogP contribution < -0.4 is 15.8 Å². The molecule has 20 heavy (non-hydrogen) atoms. The zero-order valence-electron chi connectivity index (χ0n) is 11.7. The summed E-state index contributed by atoms with van der Waals surface area (Å²) >= 11 is 3.35. The van der Waals surface area contributed by atoms with E-state index in [4.69, 9.17) is 10.5 Å². The van der Waals surface area contributed by atoms with Crippen LogP contribution in [0.15, 0.2) is 28.7 Å². The van der Waals surface area contributed by atoms with E-state index in [1.807, 2.05) is 32.0 Å². The Bertz CT molecular complexity index is 440. The third kappa shape index (κ3) is 5.48. The number of amides is 1. The predicted octanol–water partition coefficient (Wildman–Crippen LogP) is 1.29. The second-order valence-electron chi connectivity index (χ2n) is 4.91.